The lowest BCUT2D eigenvalue weighted by Crippen LogP contribution is -2.30. The van der Waals surface area contributed by atoms with Gasteiger partial charge in [-0.15, -0.1) is 0 Å². The zero-order chi connectivity index (χ0) is 14.5. The van der Waals surface area contributed by atoms with Gasteiger partial charge in [-0.25, -0.2) is 0 Å². The van der Waals surface area contributed by atoms with Crippen molar-refractivity contribution in [1.29, 1.82) is 0 Å². The monoisotopic (exact) mass is 269 g/mol. The molecular formula is C17H19NO2. The largest absolute Gasteiger partial charge is 0.394 e. The lowest BCUT2D eigenvalue weighted by Gasteiger charge is -2.17. The third kappa shape index (κ3) is 3.45. The average molecular weight is 269 g/mol. The summed E-state index contributed by atoms with van der Waals surface area (Å²) in [5, 5.41) is 12.3. The van der Waals surface area contributed by atoms with Crippen LogP contribution < -0.4 is 5.32 Å². The van der Waals surface area contributed by atoms with E-state index in [2.05, 4.69) is 5.32 Å². The minimum absolute atomic E-state index is 0.124. The van der Waals surface area contributed by atoms with Crippen molar-refractivity contribution in [3.05, 3.63) is 70.8 Å². The number of hydrogen-bond donors (Lipinski definition) is 2. The molecule has 0 aliphatic heterocycles. The summed E-state index contributed by atoms with van der Waals surface area (Å²) in [6.45, 7) is 3.80. The molecule has 0 saturated heterocycles. The van der Waals surface area contributed by atoms with Crippen LogP contribution in [0.15, 0.2) is 48.5 Å². The molecule has 2 aromatic carbocycles. The van der Waals surface area contributed by atoms with Crippen molar-refractivity contribution in [3.8, 4) is 0 Å². The molecule has 1 amide bonds. The third-order valence-corrected chi connectivity index (χ3v) is 3.17. The van der Waals surface area contributed by atoms with Gasteiger partial charge < -0.3 is 10.4 Å². The number of aliphatic hydroxyl groups excluding tert-OH is 1. The zero-order valence-corrected chi connectivity index (χ0v) is 11.8. The molecule has 0 heterocycles. The van der Waals surface area contributed by atoms with Crippen LogP contribution in [0.4, 0.5) is 0 Å². The molecule has 104 valence electrons. The van der Waals surface area contributed by atoms with Crippen molar-refractivity contribution < 1.29 is 9.90 Å². The summed E-state index contributed by atoms with van der Waals surface area (Å²) in [6, 6.07) is 14.8. The molecule has 2 rings (SSSR count). The van der Waals surface area contributed by atoms with Crippen molar-refractivity contribution in [3.63, 3.8) is 0 Å². The van der Waals surface area contributed by atoms with Crippen molar-refractivity contribution in [2.24, 2.45) is 0 Å². The van der Waals surface area contributed by atoms with Crippen LogP contribution in [0.25, 0.3) is 0 Å². The Balaban J connectivity index is 2.17. The molecule has 3 heteroatoms. The number of benzene rings is 2. The van der Waals surface area contributed by atoms with E-state index in [9.17, 15) is 9.90 Å². The van der Waals surface area contributed by atoms with Gasteiger partial charge in [-0.1, -0.05) is 47.5 Å². The first-order valence-corrected chi connectivity index (χ1v) is 6.65. The molecule has 0 saturated carbocycles. The minimum atomic E-state index is -0.385. The number of nitrogens with one attached hydrogen (secondary N) is 1. The number of carbonyl (C=O) groups is 1. The molecule has 0 radical (unpaired) electrons. The van der Waals surface area contributed by atoms with Gasteiger partial charge >= 0.3 is 0 Å². The van der Waals surface area contributed by atoms with Crippen LogP contribution in [0.5, 0.6) is 0 Å². The van der Waals surface area contributed by atoms with Gasteiger partial charge in [-0.05, 0) is 31.5 Å². The summed E-state index contributed by atoms with van der Waals surface area (Å²) in [7, 11) is 0. The predicted molar refractivity (Wildman–Crippen MR) is 79.7 cm³/mol. The predicted octanol–water partition coefficient (Wildman–Crippen LogP) is 2.77. The maximum absolute atomic E-state index is 12.3. The quantitative estimate of drug-likeness (QED) is 0.896. The zero-order valence-electron chi connectivity index (χ0n) is 11.8. The Bertz CT molecular complexity index is 573. The van der Waals surface area contributed by atoms with Crippen LogP contribution in [-0.2, 0) is 0 Å². The smallest absolute Gasteiger partial charge is 0.251 e. The van der Waals surface area contributed by atoms with Gasteiger partial charge in [0.25, 0.3) is 5.91 Å². The van der Waals surface area contributed by atoms with Crippen molar-refractivity contribution in [1.82, 2.24) is 5.32 Å². The van der Waals surface area contributed by atoms with Gasteiger partial charge in [-0.2, -0.15) is 0 Å². The standard InChI is InChI=1S/C17H19NO2/c1-12-8-13(2)10-15(9-12)17(20)18-16(11-19)14-6-4-3-5-7-14/h3-10,16,19H,11H2,1-2H3,(H,18,20). The molecule has 0 spiro atoms. The fourth-order valence-electron chi connectivity index (χ4n) is 2.27. The number of carbonyl (C=O) groups excluding carboxylic acids is 1. The summed E-state index contributed by atoms with van der Waals surface area (Å²) >= 11 is 0. The first-order chi connectivity index (χ1) is 9.60. The van der Waals surface area contributed by atoms with E-state index >= 15 is 0 Å². The van der Waals surface area contributed by atoms with E-state index < -0.39 is 0 Å². The second-order valence-electron chi connectivity index (χ2n) is 5.00. The van der Waals surface area contributed by atoms with E-state index in [1.807, 2.05) is 62.4 Å². The lowest BCUT2D eigenvalue weighted by molar-refractivity contribution is 0.0916. The normalized spacial score (nSPS) is 11.9. The summed E-state index contributed by atoms with van der Waals surface area (Å²) in [6.07, 6.45) is 0. The fourth-order valence-corrected chi connectivity index (χ4v) is 2.27. The van der Waals surface area contributed by atoms with Crippen LogP contribution in [0.1, 0.15) is 33.1 Å². The van der Waals surface area contributed by atoms with Gasteiger partial charge in [0.15, 0.2) is 0 Å². The van der Waals surface area contributed by atoms with Crippen molar-refractivity contribution in [2.75, 3.05) is 6.61 Å². The molecule has 20 heavy (non-hydrogen) atoms. The molecule has 1 atom stereocenters. The Labute approximate surface area is 119 Å². The number of aliphatic hydroxyl groups is 1. The van der Waals surface area contributed by atoms with Crippen LogP contribution in [0.3, 0.4) is 0 Å². The number of aryl methyl sites for hydroxylation is 2. The van der Waals surface area contributed by atoms with E-state index in [4.69, 9.17) is 0 Å². The van der Waals surface area contributed by atoms with Gasteiger partial charge in [0.1, 0.15) is 0 Å². The molecule has 0 aromatic heterocycles. The SMILES string of the molecule is Cc1cc(C)cc(C(=O)NC(CO)c2ccccc2)c1. The second-order valence-corrected chi connectivity index (χ2v) is 5.00. The number of rotatable bonds is 4. The molecule has 0 aliphatic carbocycles. The Kier molecular flexibility index (Phi) is 4.53. The van der Waals surface area contributed by atoms with Gasteiger partial charge in [0, 0.05) is 5.56 Å². The van der Waals surface area contributed by atoms with Crippen LogP contribution >= 0.6 is 0 Å². The summed E-state index contributed by atoms with van der Waals surface area (Å²) in [4.78, 5) is 12.3. The van der Waals surface area contributed by atoms with Gasteiger partial charge in [0.2, 0.25) is 0 Å². The van der Waals surface area contributed by atoms with Gasteiger partial charge in [-0.3, -0.25) is 4.79 Å². The van der Waals surface area contributed by atoms with Crippen molar-refractivity contribution >= 4 is 5.91 Å². The second kappa shape index (κ2) is 6.35. The van der Waals surface area contributed by atoms with Crippen LogP contribution in [0.2, 0.25) is 0 Å². The molecule has 3 nitrogen and oxygen atoms in total. The highest BCUT2D eigenvalue weighted by atomic mass is 16.3. The summed E-state index contributed by atoms with van der Waals surface area (Å²) < 4.78 is 0. The van der Waals surface area contributed by atoms with Crippen LogP contribution in [-0.4, -0.2) is 17.6 Å². The van der Waals surface area contributed by atoms with Gasteiger partial charge in [0.05, 0.1) is 12.6 Å². The highest BCUT2D eigenvalue weighted by Gasteiger charge is 2.15. The topological polar surface area (TPSA) is 49.3 Å². The molecular weight excluding hydrogens is 250 g/mol. The molecule has 0 bridgehead atoms. The Hall–Kier alpha value is -2.13. The Morgan fingerprint density at radius 1 is 1.10 bits per heavy atom. The molecule has 0 fully saturated rings. The maximum atomic E-state index is 12.3. The fraction of sp³-hybridized carbons (Fsp3) is 0.235. The Morgan fingerprint density at radius 2 is 1.70 bits per heavy atom. The number of hydrogen-bond acceptors (Lipinski definition) is 2. The first-order valence-electron chi connectivity index (χ1n) is 6.65. The maximum Gasteiger partial charge on any atom is 0.251 e. The minimum Gasteiger partial charge on any atom is -0.394 e. The van der Waals surface area contributed by atoms with E-state index in [1.54, 1.807) is 0 Å². The highest BCUT2D eigenvalue weighted by Crippen LogP contribution is 2.14. The van der Waals surface area contributed by atoms with E-state index in [-0.39, 0.29) is 18.6 Å². The lowest BCUT2D eigenvalue weighted by atomic mass is 10.0. The molecule has 2 N–H and O–H groups in total. The highest BCUT2D eigenvalue weighted by molar-refractivity contribution is 5.94. The first kappa shape index (κ1) is 14.3. The molecule has 2 aromatic rings. The Morgan fingerprint density at radius 3 is 2.25 bits per heavy atom. The average Bonchev–Trinajstić information content (AvgIpc) is 2.44. The van der Waals surface area contributed by atoms with E-state index in [1.165, 1.54) is 0 Å². The molecule has 1 unspecified atom stereocenters. The van der Waals surface area contributed by atoms with E-state index in [0.29, 0.717) is 5.56 Å². The van der Waals surface area contributed by atoms with Crippen molar-refractivity contribution in [2.45, 2.75) is 19.9 Å². The summed E-state index contributed by atoms with van der Waals surface area (Å²) in [5.41, 5.74) is 3.62. The number of amides is 1. The van der Waals surface area contributed by atoms with E-state index in [0.717, 1.165) is 16.7 Å². The third-order valence-electron chi connectivity index (χ3n) is 3.17. The summed E-state index contributed by atoms with van der Waals surface area (Å²) in [5.74, 6) is -0.167. The molecule has 0 aliphatic rings. The van der Waals surface area contributed by atoms with Crippen LogP contribution in [0, 0.1) is 13.8 Å².